The van der Waals surface area contributed by atoms with Gasteiger partial charge in [0.05, 0.1) is 4.90 Å². The van der Waals surface area contributed by atoms with Crippen LogP contribution in [0.2, 0.25) is 0 Å². The summed E-state index contributed by atoms with van der Waals surface area (Å²) in [5.74, 6) is 0.0215. The topological polar surface area (TPSA) is 57.7 Å². The maximum Gasteiger partial charge on any atom is 0.243 e. The summed E-state index contributed by atoms with van der Waals surface area (Å²) in [5, 5.41) is 0. The van der Waals surface area contributed by atoms with Gasteiger partial charge in [-0.1, -0.05) is 19.1 Å². The van der Waals surface area contributed by atoms with E-state index in [0.29, 0.717) is 30.8 Å². The maximum atomic E-state index is 12.6. The Bertz CT molecular complexity index is 615. The Hall–Kier alpha value is -1.40. The number of sulfonamides is 1. The summed E-state index contributed by atoms with van der Waals surface area (Å²) in [5.41, 5.74) is 1.12. The number of carbonyl (C=O) groups is 1. The monoisotopic (exact) mass is 324 g/mol. The summed E-state index contributed by atoms with van der Waals surface area (Å²) >= 11 is 0. The minimum Gasteiger partial charge on any atom is -0.349 e. The molecule has 0 radical (unpaired) electrons. The molecular formula is C16H24N2O3S. The van der Waals surface area contributed by atoms with Gasteiger partial charge >= 0.3 is 0 Å². The molecule has 1 saturated heterocycles. The van der Waals surface area contributed by atoms with E-state index in [9.17, 15) is 13.2 Å². The van der Waals surface area contributed by atoms with E-state index in [1.807, 2.05) is 19.1 Å². The van der Waals surface area contributed by atoms with Crippen LogP contribution >= 0.6 is 0 Å². The molecule has 22 heavy (non-hydrogen) atoms. The van der Waals surface area contributed by atoms with Gasteiger partial charge in [-0.2, -0.15) is 4.31 Å². The van der Waals surface area contributed by atoms with Crippen molar-refractivity contribution in [3.05, 3.63) is 29.8 Å². The van der Waals surface area contributed by atoms with Crippen LogP contribution in [0.25, 0.3) is 0 Å². The van der Waals surface area contributed by atoms with Gasteiger partial charge in [0.2, 0.25) is 15.9 Å². The molecule has 1 heterocycles. The number of rotatable bonds is 4. The molecule has 1 aromatic carbocycles. The fraction of sp³-hybridized carbons (Fsp3) is 0.562. The van der Waals surface area contributed by atoms with Crippen LogP contribution in [0.3, 0.4) is 0 Å². The lowest BCUT2D eigenvalue weighted by Crippen LogP contribution is -2.42. The van der Waals surface area contributed by atoms with E-state index in [1.165, 1.54) is 4.31 Å². The zero-order valence-corrected chi connectivity index (χ0v) is 14.3. The molecule has 1 aliphatic rings. The van der Waals surface area contributed by atoms with Gasteiger partial charge in [0.1, 0.15) is 0 Å². The lowest BCUT2D eigenvalue weighted by Gasteiger charge is -2.31. The second kappa shape index (κ2) is 6.79. The second-order valence-corrected chi connectivity index (χ2v) is 7.85. The summed E-state index contributed by atoms with van der Waals surface area (Å²) < 4.78 is 26.7. The second-order valence-electron chi connectivity index (χ2n) is 5.91. The smallest absolute Gasteiger partial charge is 0.243 e. The molecule has 0 aliphatic carbocycles. The van der Waals surface area contributed by atoms with Crippen molar-refractivity contribution in [2.24, 2.45) is 5.92 Å². The van der Waals surface area contributed by atoms with Crippen LogP contribution in [0, 0.1) is 5.92 Å². The van der Waals surface area contributed by atoms with Crippen molar-refractivity contribution in [3.63, 3.8) is 0 Å². The largest absolute Gasteiger partial charge is 0.349 e. The van der Waals surface area contributed by atoms with E-state index in [-0.39, 0.29) is 11.8 Å². The standard InChI is InChI=1S/C16H24N2O3S/c1-4-13-5-7-15(8-6-13)22(20,21)18-11-9-14(10-12-18)16(19)17(2)3/h5-8,14H,4,9-12H2,1-3H3. The third-order valence-electron chi connectivity index (χ3n) is 4.21. The molecule has 122 valence electrons. The van der Waals surface area contributed by atoms with Crippen molar-refractivity contribution in [1.29, 1.82) is 0 Å². The van der Waals surface area contributed by atoms with Gasteiger partial charge in [-0.25, -0.2) is 8.42 Å². The molecule has 0 bridgehead atoms. The average molecular weight is 324 g/mol. The first kappa shape index (κ1) is 17.0. The highest BCUT2D eigenvalue weighted by Gasteiger charge is 2.32. The Morgan fingerprint density at radius 1 is 1.18 bits per heavy atom. The zero-order valence-electron chi connectivity index (χ0n) is 13.4. The SMILES string of the molecule is CCc1ccc(S(=O)(=O)N2CCC(C(=O)N(C)C)CC2)cc1. The highest BCUT2D eigenvalue weighted by molar-refractivity contribution is 7.89. The van der Waals surface area contributed by atoms with E-state index in [2.05, 4.69) is 0 Å². The lowest BCUT2D eigenvalue weighted by atomic mass is 9.97. The molecule has 1 amide bonds. The first-order chi connectivity index (χ1) is 10.4. The van der Waals surface area contributed by atoms with Crippen LogP contribution < -0.4 is 0 Å². The normalized spacial score (nSPS) is 17.4. The van der Waals surface area contributed by atoms with E-state index < -0.39 is 10.0 Å². The fourth-order valence-corrected chi connectivity index (χ4v) is 4.22. The number of benzene rings is 1. The van der Waals surface area contributed by atoms with Gasteiger partial charge in [-0.15, -0.1) is 0 Å². The number of aryl methyl sites for hydroxylation is 1. The molecule has 0 unspecified atom stereocenters. The van der Waals surface area contributed by atoms with Gasteiger partial charge in [-0.05, 0) is 37.0 Å². The molecule has 0 aromatic heterocycles. The van der Waals surface area contributed by atoms with E-state index in [1.54, 1.807) is 31.1 Å². The van der Waals surface area contributed by atoms with Crippen molar-refractivity contribution in [1.82, 2.24) is 9.21 Å². The van der Waals surface area contributed by atoms with Gasteiger partial charge in [0.25, 0.3) is 0 Å². The van der Waals surface area contributed by atoms with Gasteiger partial charge in [0.15, 0.2) is 0 Å². The Morgan fingerprint density at radius 2 is 1.73 bits per heavy atom. The Labute approximate surface area is 133 Å². The minimum absolute atomic E-state index is 0.0658. The summed E-state index contributed by atoms with van der Waals surface area (Å²) in [6.45, 7) is 2.85. The first-order valence-corrected chi connectivity index (χ1v) is 9.10. The van der Waals surface area contributed by atoms with Gasteiger partial charge in [0, 0.05) is 33.1 Å². The highest BCUT2D eigenvalue weighted by Crippen LogP contribution is 2.25. The van der Waals surface area contributed by atoms with Crippen molar-refractivity contribution in [2.75, 3.05) is 27.2 Å². The van der Waals surface area contributed by atoms with Gasteiger partial charge in [-0.3, -0.25) is 4.79 Å². The minimum atomic E-state index is -3.45. The first-order valence-electron chi connectivity index (χ1n) is 7.66. The Balaban J connectivity index is 2.07. The van der Waals surface area contributed by atoms with Crippen LogP contribution in [0.4, 0.5) is 0 Å². The number of piperidine rings is 1. The molecule has 1 aliphatic heterocycles. The molecule has 5 nitrogen and oxygen atoms in total. The molecule has 0 N–H and O–H groups in total. The Morgan fingerprint density at radius 3 is 2.18 bits per heavy atom. The summed E-state index contributed by atoms with van der Waals surface area (Å²) in [6.07, 6.45) is 2.06. The number of nitrogens with zero attached hydrogens (tertiary/aromatic N) is 2. The summed E-state index contributed by atoms with van der Waals surface area (Å²) in [7, 11) is 0.0257. The zero-order chi connectivity index (χ0) is 16.3. The molecule has 0 saturated carbocycles. The third kappa shape index (κ3) is 3.50. The van der Waals surface area contributed by atoms with E-state index in [0.717, 1.165) is 12.0 Å². The molecule has 0 spiro atoms. The van der Waals surface area contributed by atoms with Crippen molar-refractivity contribution < 1.29 is 13.2 Å². The molecule has 2 rings (SSSR count). The molecule has 1 fully saturated rings. The quantitative estimate of drug-likeness (QED) is 0.847. The highest BCUT2D eigenvalue weighted by atomic mass is 32.2. The molecule has 6 heteroatoms. The lowest BCUT2D eigenvalue weighted by molar-refractivity contribution is -0.134. The van der Waals surface area contributed by atoms with E-state index in [4.69, 9.17) is 0 Å². The number of carbonyl (C=O) groups excluding carboxylic acids is 1. The summed E-state index contributed by atoms with van der Waals surface area (Å²) in [6, 6.07) is 7.06. The third-order valence-corrected chi connectivity index (χ3v) is 6.13. The van der Waals surface area contributed by atoms with Crippen molar-refractivity contribution in [3.8, 4) is 0 Å². The van der Waals surface area contributed by atoms with Crippen molar-refractivity contribution >= 4 is 15.9 Å². The number of amides is 1. The predicted octanol–water partition coefficient (Wildman–Crippen LogP) is 1.74. The maximum absolute atomic E-state index is 12.6. The predicted molar refractivity (Wildman–Crippen MR) is 86.0 cm³/mol. The van der Waals surface area contributed by atoms with Crippen molar-refractivity contribution in [2.45, 2.75) is 31.1 Å². The van der Waals surface area contributed by atoms with Crippen LogP contribution in [-0.4, -0.2) is 50.7 Å². The van der Waals surface area contributed by atoms with Crippen LogP contribution in [0.15, 0.2) is 29.2 Å². The Kier molecular flexibility index (Phi) is 5.24. The number of hydrogen-bond acceptors (Lipinski definition) is 3. The fourth-order valence-electron chi connectivity index (χ4n) is 2.75. The average Bonchev–Trinajstić information content (AvgIpc) is 2.54. The van der Waals surface area contributed by atoms with Crippen LogP contribution in [-0.2, 0) is 21.2 Å². The summed E-state index contributed by atoms with van der Waals surface area (Å²) in [4.78, 5) is 13.9. The molecule has 0 atom stereocenters. The van der Waals surface area contributed by atoms with Crippen LogP contribution in [0.1, 0.15) is 25.3 Å². The molecule has 1 aromatic rings. The van der Waals surface area contributed by atoms with Crippen LogP contribution in [0.5, 0.6) is 0 Å². The molecular weight excluding hydrogens is 300 g/mol. The number of hydrogen-bond donors (Lipinski definition) is 0. The van der Waals surface area contributed by atoms with E-state index >= 15 is 0 Å². The van der Waals surface area contributed by atoms with Gasteiger partial charge < -0.3 is 4.90 Å².